The first-order valence-electron chi connectivity index (χ1n) is 8.72. The second kappa shape index (κ2) is 7.25. The first-order valence-corrected chi connectivity index (χ1v) is 8.72. The van der Waals surface area contributed by atoms with Crippen molar-refractivity contribution >= 4 is 17.2 Å². The molecule has 0 radical (unpaired) electrons. The fraction of sp³-hybridized carbons (Fsp3) is 0.158. The topological polar surface area (TPSA) is 77.1 Å². The number of carbonyl (C=O) groups excluding carboxylic acids is 1. The maximum Gasteiger partial charge on any atom is 0.433 e. The molecule has 0 saturated heterocycles. The molecule has 0 aliphatic rings. The van der Waals surface area contributed by atoms with Crippen LogP contribution >= 0.6 is 0 Å². The summed E-state index contributed by atoms with van der Waals surface area (Å²) in [5, 5.41) is 10.4. The largest absolute Gasteiger partial charge is 0.433 e. The summed E-state index contributed by atoms with van der Waals surface area (Å²) < 4.78 is 55.1. The van der Waals surface area contributed by atoms with Crippen molar-refractivity contribution in [3.63, 3.8) is 0 Å². The zero-order chi connectivity index (χ0) is 21.5. The fourth-order valence-electron chi connectivity index (χ4n) is 2.95. The van der Waals surface area contributed by atoms with Crippen molar-refractivity contribution in [3.05, 3.63) is 77.3 Å². The number of hydrogen-bond acceptors (Lipinski definition) is 4. The van der Waals surface area contributed by atoms with Gasteiger partial charge in [0.1, 0.15) is 11.5 Å². The Bertz CT molecular complexity index is 1240. The predicted molar refractivity (Wildman–Crippen MR) is 98.4 cm³/mol. The van der Waals surface area contributed by atoms with E-state index in [2.05, 4.69) is 20.5 Å². The van der Waals surface area contributed by atoms with Crippen LogP contribution in [-0.4, -0.2) is 30.3 Å². The monoisotopic (exact) mass is 418 g/mol. The van der Waals surface area contributed by atoms with Gasteiger partial charge in [-0.15, -0.1) is 0 Å². The van der Waals surface area contributed by atoms with E-state index in [1.165, 1.54) is 42.2 Å². The first kappa shape index (κ1) is 19.6. The smallest absolute Gasteiger partial charge is 0.318 e. The zero-order valence-electron chi connectivity index (χ0n) is 15.5. The van der Waals surface area contributed by atoms with Gasteiger partial charge < -0.3 is 5.32 Å². The summed E-state index contributed by atoms with van der Waals surface area (Å²) in [5.74, 6) is -1.08. The highest BCUT2D eigenvalue weighted by Gasteiger charge is 2.35. The van der Waals surface area contributed by atoms with E-state index in [0.29, 0.717) is 15.8 Å². The highest BCUT2D eigenvalue weighted by molar-refractivity contribution is 6.03. The van der Waals surface area contributed by atoms with Crippen LogP contribution in [0.2, 0.25) is 0 Å². The van der Waals surface area contributed by atoms with Crippen molar-refractivity contribution in [2.45, 2.75) is 19.6 Å². The van der Waals surface area contributed by atoms with Crippen molar-refractivity contribution in [1.82, 2.24) is 24.4 Å². The number of nitrogens with zero attached hydrogens (tertiary/aromatic N) is 5. The Labute approximate surface area is 167 Å². The number of anilines is 1. The average Bonchev–Trinajstić information content (AvgIpc) is 3.27. The minimum absolute atomic E-state index is 0.0886. The molecule has 0 unspecified atom stereocenters. The number of aryl methyl sites for hydroxylation is 1. The molecule has 0 bridgehead atoms. The van der Waals surface area contributed by atoms with Crippen LogP contribution in [0.4, 0.5) is 23.2 Å². The van der Waals surface area contributed by atoms with Crippen LogP contribution in [0, 0.1) is 12.7 Å². The van der Waals surface area contributed by atoms with E-state index in [1.54, 1.807) is 12.1 Å². The first-order chi connectivity index (χ1) is 14.2. The summed E-state index contributed by atoms with van der Waals surface area (Å²) in [6.45, 7) is 1.70. The molecule has 1 amide bonds. The predicted octanol–water partition coefficient (Wildman–Crippen LogP) is 3.69. The van der Waals surface area contributed by atoms with Crippen molar-refractivity contribution in [2.75, 3.05) is 5.32 Å². The van der Waals surface area contributed by atoms with Gasteiger partial charge in [-0.1, -0.05) is 12.1 Å². The Balaban J connectivity index is 1.54. The van der Waals surface area contributed by atoms with Crippen molar-refractivity contribution < 1.29 is 22.4 Å². The second-order valence-electron chi connectivity index (χ2n) is 6.59. The molecule has 7 nitrogen and oxygen atoms in total. The molecule has 1 aromatic carbocycles. The molecule has 0 fully saturated rings. The Morgan fingerprint density at radius 3 is 2.73 bits per heavy atom. The van der Waals surface area contributed by atoms with Crippen LogP contribution < -0.4 is 5.32 Å². The molecule has 0 saturated carbocycles. The minimum Gasteiger partial charge on any atom is -0.318 e. The number of aromatic nitrogens is 5. The molecule has 154 valence electrons. The molecule has 30 heavy (non-hydrogen) atoms. The summed E-state index contributed by atoms with van der Waals surface area (Å²) in [6.07, 6.45) is -1.76. The Kier molecular flexibility index (Phi) is 4.72. The molecular weight excluding hydrogens is 404 g/mol. The number of amides is 1. The lowest BCUT2D eigenvalue weighted by molar-refractivity contribution is -0.142. The van der Waals surface area contributed by atoms with Crippen LogP contribution in [0.15, 0.2) is 48.8 Å². The van der Waals surface area contributed by atoms with Crippen molar-refractivity contribution in [2.24, 2.45) is 0 Å². The SMILES string of the molecule is Cc1cc(C(F)(F)F)n2nc(C(=O)Nc3cnn(Cc4cccc(F)c4)c3)cc2n1. The lowest BCUT2D eigenvalue weighted by Gasteiger charge is -2.09. The van der Waals surface area contributed by atoms with Gasteiger partial charge in [0.25, 0.3) is 5.91 Å². The third kappa shape index (κ3) is 4.00. The molecule has 3 heterocycles. The molecule has 11 heteroatoms. The van der Waals surface area contributed by atoms with E-state index >= 15 is 0 Å². The van der Waals surface area contributed by atoms with E-state index in [-0.39, 0.29) is 29.4 Å². The van der Waals surface area contributed by atoms with E-state index in [0.717, 1.165) is 6.07 Å². The molecule has 0 spiro atoms. The molecule has 3 aromatic heterocycles. The summed E-state index contributed by atoms with van der Waals surface area (Å²) in [6, 6.07) is 8.03. The quantitative estimate of drug-likeness (QED) is 0.513. The van der Waals surface area contributed by atoms with Crippen LogP contribution in [0.1, 0.15) is 27.4 Å². The van der Waals surface area contributed by atoms with E-state index in [4.69, 9.17) is 0 Å². The highest BCUT2D eigenvalue weighted by Crippen LogP contribution is 2.30. The second-order valence-corrected chi connectivity index (χ2v) is 6.59. The van der Waals surface area contributed by atoms with E-state index < -0.39 is 17.8 Å². The summed E-state index contributed by atoms with van der Waals surface area (Å²) >= 11 is 0. The van der Waals surface area contributed by atoms with Gasteiger partial charge in [-0.25, -0.2) is 13.9 Å². The average molecular weight is 418 g/mol. The van der Waals surface area contributed by atoms with Gasteiger partial charge in [0, 0.05) is 18.0 Å². The van der Waals surface area contributed by atoms with Gasteiger partial charge in [0.05, 0.1) is 18.4 Å². The molecule has 1 N–H and O–H groups in total. The molecular formula is C19H14F4N6O. The van der Waals surface area contributed by atoms with Crippen LogP contribution in [0.5, 0.6) is 0 Å². The van der Waals surface area contributed by atoms with Gasteiger partial charge >= 0.3 is 6.18 Å². The molecule has 0 aliphatic heterocycles. The normalized spacial score (nSPS) is 11.8. The number of rotatable bonds is 4. The third-order valence-corrected chi connectivity index (χ3v) is 4.20. The number of benzene rings is 1. The number of halogens is 4. The Hall–Kier alpha value is -3.76. The van der Waals surface area contributed by atoms with Crippen molar-refractivity contribution in [3.8, 4) is 0 Å². The highest BCUT2D eigenvalue weighted by atomic mass is 19.4. The van der Waals surface area contributed by atoms with Gasteiger partial charge in [-0.3, -0.25) is 9.48 Å². The molecule has 0 atom stereocenters. The van der Waals surface area contributed by atoms with Crippen molar-refractivity contribution in [1.29, 1.82) is 0 Å². The van der Waals surface area contributed by atoms with Gasteiger partial charge in [0.15, 0.2) is 11.3 Å². The fourth-order valence-corrected chi connectivity index (χ4v) is 2.95. The summed E-state index contributed by atoms with van der Waals surface area (Å²) in [5.41, 5.74) is -0.191. The number of nitrogens with one attached hydrogen (secondary N) is 1. The van der Waals surface area contributed by atoms with Crippen LogP contribution in [0.25, 0.3) is 5.65 Å². The van der Waals surface area contributed by atoms with Crippen LogP contribution in [0.3, 0.4) is 0 Å². The lowest BCUT2D eigenvalue weighted by Crippen LogP contribution is -2.15. The minimum atomic E-state index is -4.65. The Morgan fingerprint density at radius 2 is 2.00 bits per heavy atom. The Morgan fingerprint density at radius 1 is 1.20 bits per heavy atom. The van der Waals surface area contributed by atoms with Gasteiger partial charge in [-0.2, -0.15) is 23.4 Å². The number of carbonyl (C=O) groups is 1. The zero-order valence-corrected chi connectivity index (χ0v) is 15.5. The maximum absolute atomic E-state index is 13.3. The molecule has 0 aliphatic carbocycles. The number of alkyl halides is 3. The number of fused-ring (bicyclic) bond motifs is 1. The van der Waals surface area contributed by atoms with Crippen LogP contribution in [-0.2, 0) is 12.7 Å². The van der Waals surface area contributed by atoms with E-state index in [1.807, 2.05) is 0 Å². The maximum atomic E-state index is 13.3. The molecule has 4 aromatic rings. The molecule has 4 rings (SSSR count). The van der Waals surface area contributed by atoms with E-state index in [9.17, 15) is 22.4 Å². The van der Waals surface area contributed by atoms with Gasteiger partial charge in [0.2, 0.25) is 0 Å². The number of hydrogen-bond donors (Lipinski definition) is 1. The van der Waals surface area contributed by atoms with Gasteiger partial charge in [-0.05, 0) is 30.7 Å². The summed E-state index contributed by atoms with van der Waals surface area (Å²) in [7, 11) is 0. The third-order valence-electron chi connectivity index (χ3n) is 4.20. The lowest BCUT2D eigenvalue weighted by atomic mass is 10.2. The standard InChI is InChI=1S/C19H14F4N6O/c1-11-5-16(19(21,22)23)29-17(25-11)7-15(27-29)18(30)26-14-8-24-28(10-14)9-12-3-2-4-13(20)6-12/h2-8,10H,9H2,1H3,(H,26,30). The summed E-state index contributed by atoms with van der Waals surface area (Å²) in [4.78, 5) is 16.5.